The molecule has 1 fully saturated rings. The zero-order valence-electron chi connectivity index (χ0n) is 22.3. The number of rotatable bonds is 7. The molecule has 2 amide bonds. The van der Waals surface area contributed by atoms with Crippen molar-refractivity contribution in [1.82, 2.24) is 20.2 Å². The largest absolute Gasteiger partial charge is 0.418 e. The molecule has 1 unspecified atom stereocenters. The van der Waals surface area contributed by atoms with Gasteiger partial charge < -0.3 is 15.5 Å². The Balaban J connectivity index is 2.12. The van der Waals surface area contributed by atoms with E-state index in [0.29, 0.717) is 37.6 Å². The fourth-order valence-corrected chi connectivity index (χ4v) is 4.95. The second-order valence-electron chi connectivity index (χ2n) is 10.7. The molecule has 2 atom stereocenters. The summed E-state index contributed by atoms with van der Waals surface area (Å²) in [4.78, 5) is 46.2. The van der Waals surface area contributed by atoms with Gasteiger partial charge in [-0.25, -0.2) is 9.97 Å². The van der Waals surface area contributed by atoms with E-state index in [1.165, 1.54) is 4.90 Å². The Kier molecular flexibility index (Phi) is 8.54. The lowest BCUT2D eigenvalue weighted by molar-refractivity contribution is -0.178. The van der Waals surface area contributed by atoms with Crippen LogP contribution in [0.2, 0.25) is 0 Å². The minimum absolute atomic E-state index is 0.0834. The van der Waals surface area contributed by atoms with Crippen molar-refractivity contribution < 1.29 is 35.9 Å². The molecular formula is C24H28F6N6O3S. The van der Waals surface area contributed by atoms with Gasteiger partial charge in [0.25, 0.3) is 11.8 Å². The van der Waals surface area contributed by atoms with Crippen LogP contribution in [0.4, 0.5) is 32.2 Å². The Morgan fingerprint density at radius 2 is 1.80 bits per heavy atom. The molecule has 2 N–H and O–H groups in total. The Hall–Kier alpha value is -3.30. The van der Waals surface area contributed by atoms with E-state index in [1.54, 1.807) is 27.7 Å². The summed E-state index contributed by atoms with van der Waals surface area (Å²) in [5.41, 5.74) is -5.91. The van der Waals surface area contributed by atoms with Crippen molar-refractivity contribution in [3.05, 3.63) is 33.4 Å². The molecule has 0 aromatic carbocycles. The Morgan fingerprint density at radius 3 is 2.30 bits per heavy atom. The summed E-state index contributed by atoms with van der Waals surface area (Å²) in [6, 6.07) is 0.529. The molecule has 2 aromatic heterocycles. The molecule has 16 heteroatoms. The molecule has 2 aromatic rings. The van der Waals surface area contributed by atoms with Gasteiger partial charge in [-0.05, 0) is 53.5 Å². The van der Waals surface area contributed by atoms with Crippen molar-refractivity contribution in [2.75, 3.05) is 18.4 Å². The Bertz CT molecular complexity index is 1290. The lowest BCUT2D eigenvalue weighted by Crippen LogP contribution is -2.49. The zero-order chi connectivity index (χ0) is 30.3. The number of carbonyl (C=O) groups is 2. The molecule has 0 saturated carbocycles. The molecular weight excluding hydrogens is 566 g/mol. The number of amides is 2. The molecule has 220 valence electrons. The standard InChI is InChI=1S/C24H28F6N6O3S/c1-12-7-6-8-36(12)20(38)16-17(13-10-31-15(34-21(2,3)4)9-14(13)23(25,26)27)40-19(33-16)18(37)32-11-22(5,35-39)24(28,29)30/h9-10,12H,6-8,11H2,1-5H3,(H,31,34)(H,32,37)/t12-,22?/m0/s1. The first kappa shape index (κ1) is 31.2. The van der Waals surface area contributed by atoms with Gasteiger partial charge >= 0.3 is 12.4 Å². The van der Waals surface area contributed by atoms with Gasteiger partial charge in [0.15, 0.2) is 5.01 Å². The summed E-state index contributed by atoms with van der Waals surface area (Å²) < 4.78 is 82.3. The maximum atomic E-state index is 14.2. The predicted molar refractivity (Wildman–Crippen MR) is 136 cm³/mol. The first-order chi connectivity index (χ1) is 18.3. The monoisotopic (exact) mass is 594 g/mol. The fraction of sp³-hybridized carbons (Fsp3) is 0.583. The number of alkyl halides is 6. The average Bonchev–Trinajstić information content (AvgIpc) is 3.46. The number of nitrogens with one attached hydrogen (secondary N) is 2. The minimum atomic E-state index is -5.08. The van der Waals surface area contributed by atoms with Crippen LogP contribution in [0.5, 0.6) is 0 Å². The Morgan fingerprint density at radius 1 is 1.15 bits per heavy atom. The highest BCUT2D eigenvalue weighted by atomic mass is 32.1. The van der Waals surface area contributed by atoms with Gasteiger partial charge in [-0.1, -0.05) is 5.18 Å². The number of anilines is 1. The van der Waals surface area contributed by atoms with Crippen molar-refractivity contribution in [2.24, 2.45) is 5.18 Å². The summed E-state index contributed by atoms with van der Waals surface area (Å²) in [6.07, 6.45) is -7.77. The first-order valence-electron chi connectivity index (χ1n) is 12.1. The van der Waals surface area contributed by atoms with Crippen molar-refractivity contribution >= 4 is 29.0 Å². The van der Waals surface area contributed by atoms with Crippen LogP contribution < -0.4 is 10.6 Å². The minimum Gasteiger partial charge on any atom is -0.365 e. The summed E-state index contributed by atoms with van der Waals surface area (Å²) in [7, 11) is 0. The van der Waals surface area contributed by atoms with Crippen molar-refractivity contribution in [1.29, 1.82) is 0 Å². The van der Waals surface area contributed by atoms with Crippen LogP contribution in [0.3, 0.4) is 0 Å². The Labute approximate surface area is 229 Å². The molecule has 9 nitrogen and oxygen atoms in total. The van der Waals surface area contributed by atoms with Gasteiger partial charge in [-0.15, -0.1) is 16.2 Å². The highest BCUT2D eigenvalue weighted by Crippen LogP contribution is 2.42. The highest BCUT2D eigenvalue weighted by molar-refractivity contribution is 7.17. The van der Waals surface area contributed by atoms with Crippen molar-refractivity contribution in [3.63, 3.8) is 0 Å². The smallest absolute Gasteiger partial charge is 0.365 e. The highest BCUT2D eigenvalue weighted by Gasteiger charge is 2.53. The first-order valence-corrected chi connectivity index (χ1v) is 13.0. The zero-order valence-corrected chi connectivity index (χ0v) is 23.1. The summed E-state index contributed by atoms with van der Waals surface area (Å²) in [6.45, 7) is 6.47. The van der Waals surface area contributed by atoms with E-state index < -0.39 is 63.6 Å². The molecule has 40 heavy (non-hydrogen) atoms. The lowest BCUT2D eigenvalue weighted by atomic mass is 10.0. The fourth-order valence-electron chi connectivity index (χ4n) is 3.95. The van der Waals surface area contributed by atoms with Crippen LogP contribution in [-0.4, -0.2) is 63.1 Å². The SMILES string of the molecule is C[C@H]1CCCN1C(=O)c1nc(C(=O)NCC(C)(N=O)C(F)(F)F)sc1-c1cnc(NC(C)(C)C)cc1C(F)(F)F. The van der Waals surface area contributed by atoms with Crippen LogP contribution in [0.1, 0.15) is 73.3 Å². The van der Waals surface area contributed by atoms with E-state index in [1.807, 2.05) is 5.32 Å². The van der Waals surface area contributed by atoms with Crippen LogP contribution in [-0.2, 0) is 6.18 Å². The van der Waals surface area contributed by atoms with Gasteiger partial charge in [0.05, 0.1) is 17.0 Å². The second-order valence-corrected chi connectivity index (χ2v) is 11.7. The average molecular weight is 595 g/mol. The number of nitrogens with zero attached hydrogens (tertiary/aromatic N) is 4. The summed E-state index contributed by atoms with van der Waals surface area (Å²) >= 11 is 0.403. The molecule has 3 rings (SSSR count). The summed E-state index contributed by atoms with van der Waals surface area (Å²) in [5, 5.41) is 6.27. The van der Waals surface area contributed by atoms with E-state index in [2.05, 4.69) is 20.5 Å². The molecule has 0 spiro atoms. The molecule has 1 saturated heterocycles. The molecule has 3 heterocycles. The van der Waals surface area contributed by atoms with Crippen LogP contribution in [0.15, 0.2) is 17.4 Å². The van der Waals surface area contributed by atoms with Gasteiger partial charge in [0.2, 0.25) is 5.54 Å². The van der Waals surface area contributed by atoms with E-state index in [4.69, 9.17) is 0 Å². The van der Waals surface area contributed by atoms with Gasteiger partial charge in [-0.3, -0.25) is 9.59 Å². The predicted octanol–water partition coefficient (Wildman–Crippen LogP) is 5.88. The number of likely N-dealkylation sites (tertiary alicyclic amines) is 1. The molecule has 0 radical (unpaired) electrons. The lowest BCUT2D eigenvalue weighted by Gasteiger charge is -2.24. The van der Waals surface area contributed by atoms with Crippen LogP contribution in [0, 0.1) is 4.91 Å². The van der Waals surface area contributed by atoms with E-state index >= 15 is 0 Å². The maximum absolute atomic E-state index is 14.2. The normalized spacial score (nSPS) is 17.9. The number of halogens is 6. The number of hydrogen-bond acceptors (Lipinski definition) is 8. The number of aromatic nitrogens is 2. The number of thiazole rings is 1. The third kappa shape index (κ3) is 6.70. The molecule has 0 aliphatic carbocycles. The van der Waals surface area contributed by atoms with E-state index in [9.17, 15) is 40.8 Å². The number of carbonyl (C=O) groups excluding carboxylic acids is 2. The third-order valence-electron chi connectivity index (χ3n) is 6.20. The molecule has 0 bridgehead atoms. The molecule has 1 aliphatic heterocycles. The number of hydrogen-bond donors (Lipinski definition) is 2. The third-order valence-corrected chi connectivity index (χ3v) is 7.29. The summed E-state index contributed by atoms with van der Waals surface area (Å²) in [5.74, 6) is -2.03. The second kappa shape index (κ2) is 10.9. The maximum Gasteiger partial charge on any atom is 0.418 e. The quantitative estimate of drug-likeness (QED) is 0.306. The van der Waals surface area contributed by atoms with Crippen molar-refractivity contribution in [2.45, 2.75) is 76.9 Å². The number of pyridine rings is 1. The van der Waals surface area contributed by atoms with Crippen molar-refractivity contribution in [3.8, 4) is 10.4 Å². The van der Waals surface area contributed by atoms with E-state index in [-0.39, 0.29) is 16.7 Å². The molecule has 1 aliphatic rings. The van der Waals surface area contributed by atoms with Crippen LogP contribution in [0.25, 0.3) is 10.4 Å². The van der Waals surface area contributed by atoms with Crippen LogP contribution >= 0.6 is 11.3 Å². The van der Waals surface area contributed by atoms with Gasteiger partial charge in [-0.2, -0.15) is 26.3 Å². The van der Waals surface area contributed by atoms with E-state index in [0.717, 1.165) is 12.3 Å². The number of nitroso groups, excluding NO2 is 1. The topological polar surface area (TPSA) is 117 Å². The van der Waals surface area contributed by atoms with Gasteiger partial charge in [0.1, 0.15) is 11.5 Å². The van der Waals surface area contributed by atoms with Gasteiger partial charge in [0, 0.05) is 29.9 Å².